The van der Waals surface area contributed by atoms with Crippen LogP contribution in [0.25, 0.3) is 0 Å². The SMILES string of the molecule is Cc1cccc(N)c1OCc1c(Cl)cccc1Cl. The van der Waals surface area contributed by atoms with Crippen LogP contribution in [0.3, 0.4) is 0 Å². The van der Waals surface area contributed by atoms with Gasteiger partial charge >= 0.3 is 0 Å². The molecule has 0 bridgehead atoms. The van der Waals surface area contributed by atoms with Gasteiger partial charge in [0.15, 0.2) is 0 Å². The molecular weight excluding hydrogens is 269 g/mol. The highest BCUT2D eigenvalue weighted by atomic mass is 35.5. The monoisotopic (exact) mass is 281 g/mol. The summed E-state index contributed by atoms with van der Waals surface area (Å²) < 4.78 is 5.72. The minimum Gasteiger partial charge on any atom is -0.486 e. The molecule has 0 spiro atoms. The Morgan fingerprint density at radius 2 is 1.67 bits per heavy atom. The van der Waals surface area contributed by atoms with Gasteiger partial charge in [0.25, 0.3) is 0 Å². The fourth-order valence-electron chi connectivity index (χ4n) is 1.69. The van der Waals surface area contributed by atoms with Crippen LogP contribution >= 0.6 is 23.2 Å². The zero-order valence-corrected chi connectivity index (χ0v) is 11.4. The van der Waals surface area contributed by atoms with Crippen LogP contribution in [0.2, 0.25) is 10.0 Å². The third-order valence-corrected chi connectivity index (χ3v) is 3.37. The molecule has 0 aliphatic carbocycles. The van der Waals surface area contributed by atoms with E-state index in [-0.39, 0.29) is 0 Å². The third kappa shape index (κ3) is 2.71. The molecular formula is C14H13Cl2NO. The van der Waals surface area contributed by atoms with E-state index in [9.17, 15) is 0 Å². The Morgan fingerprint density at radius 1 is 1.06 bits per heavy atom. The summed E-state index contributed by atoms with van der Waals surface area (Å²) in [6, 6.07) is 11.0. The van der Waals surface area contributed by atoms with Gasteiger partial charge in [0.05, 0.1) is 5.69 Å². The number of nitrogens with two attached hydrogens (primary N) is 1. The van der Waals surface area contributed by atoms with Crippen LogP contribution in [0.15, 0.2) is 36.4 Å². The summed E-state index contributed by atoms with van der Waals surface area (Å²) >= 11 is 12.2. The average Bonchev–Trinajstić information content (AvgIpc) is 2.31. The van der Waals surface area contributed by atoms with Crippen molar-refractivity contribution in [2.24, 2.45) is 0 Å². The highest BCUT2D eigenvalue weighted by molar-refractivity contribution is 6.35. The van der Waals surface area contributed by atoms with E-state index in [1.165, 1.54) is 0 Å². The summed E-state index contributed by atoms with van der Waals surface area (Å²) in [6.45, 7) is 2.24. The second-order valence-electron chi connectivity index (χ2n) is 3.98. The van der Waals surface area contributed by atoms with Gasteiger partial charge in [0.1, 0.15) is 12.4 Å². The van der Waals surface area contributed by atoms with E-state index in [0.29, 0.717) is 28.1 Å². The van der Waals surface area contributed by atoms with E-state index in [4.69, 9.17) is 33.7 Å². The summed E-state index contributed by atoms with van der Waals surface area (Å²) in [5.74, 6) is 0.675. The van der Waals surface area contributed by atoms with Gasteiger partial charge in [-0.1, -0.05) is 41.4 Å². The van der Waals surface area contributed by atoms with Crippen molar-refractivity contribution in [3.8, 4) is 5.75 Å². The van der Waals surface area contributed by atoms with Crippen LogP contribution < -0.4 is 10.5 Å². The molecule has 0 heterocycles. The Kier molecular flexibility index (Phi) is 4.00. The molecule has 2 aromatic carbocycles. The minimum absolute atomic E-state index is 0.299. The van der Waals surface area contributed by atoms with E-state index >= 15 is 0 Å². The maximum absolute atomic E-state index is 6.08. The lowest BCUT2D eigenvalue weighted by Crippen LogP contribution is -2.01. The molecule has 0 atom stereocenters. The van der Waals surface area contributed by atoms with Crippen LogP contribution in [0.1, 0.15) is 11.1 Å². The number of halogens is 2. The molecule has 0 aliphatic rings. The number of anilines is 1. The lowest BCUT2D eigenvalue weighted by atomic mass is 10.2. The van der Waals surface area contributed by atoms with E-state index in [0.717, 1.165) is 11.1 Å². The number of nitrogen functional groups attached to an aromatic ring is 1. The zero-order chi connectivity index (χ0) is 13.1. The van der Waals surface area contributed by atoms with E-state index in [1.807, 2.05) is 19.1 Å². The number of aryl methyl sites for hydroxylation is 1. The van der Waals surface area contributed by atoms with Gasteiger partial charge < -0.3 is 10.5 Å². The summed E-state index contributed by atoms with van der Waals surface area (Å²) in [6.07, 6.45) is 0. The Bertz CT molecular complexity index is 478. The normalized spacial score (nSPS) is 10.4. The maximum Gasteiger partial charge on any atom is 0.145 e. The molecule has 18 heavy (non-hydrogen) atoms. The topological polar surface area (TPSA) is 35.2 Å². The second-order valence-corrected chi connectivity index (χ2v) is 4.80. The average molecular weight is 282 g/mol. The molecule has 0 aliphatic heterocycles. The van der Waals surface area contributed by atoms with E-state index in [1.54, 1.807) is 24.3 Å². The summed E-state index contributed by atoms with van der Waals surface area (Å²) in [7, 11) is 0. The molecule has 0 unspecified atom stereocenters. The maximum atomic E-state index is 6.08. The van der Waals surface area contributed by atoms with Crippen molar-refractivity contribution in [1.29, 1.82) is 0 Å². The van der Waals surface area contributed by atoms with Crippen molar-refractivity contribution in [1.82, 2.24) is 0 Å². The van der Waals surface area contributed by atoms with Crippen molar-refractivity contribution in [2.75, 3.05) is 5.73 Å². The van der Waals surface area contributed by atoms with Gasteiger partial charge in [-0.05, 0) is 30.7 Å². The molecule has 4 heteroatoms. The van der Waals surface area contributed by atoms with Gasteiger partial charge in [-0.3, -0.25) is 0 Å². The molecule has 0 amide bonds. The largest absolute Gasteiger partial charge is 0.486 e. The zero-order valence-electron chi connectivity index (χ0n) is 9.91. The first-order valence-corrected chi connectivity index (χ1v) is 6.26. The van der Waals surface area contributed by atoms with Gasteiger partial charge in [0, 0.05) is 15.6 Å². The smallest absolute Gasteiger partial charge is 0.145 e. The first-order valence-electron chi connectivity index (χ1n) is 5.50. The van der Waals surface area contributed by atoms with Crippen LogP contribution in [0, 0.1) is 6.92 Å². The molecule has 0 aromatic heterocycles. The highest BCUT2D eigenvalue weighted by Gasteiger charge is 2.09. The number of hydrogen-bond acceptors (Lipinski definition) is 2. The Hall–Kier alpha value is -1.38. The molecule has 2 rings (SSSR count). The van der Waals surface area contributed by atoms with Crippen LogP contribution in [0.4, 0.5) is 5.69 Å². The predicted octanol–water partition coefficient (Wildman–Crippen LogP) is 4.46. The third-order valence-electron chi connectivity index (χ3n) is 2.66. The fourth-order valence-corrected chi connectivity index (χ4v) is 2.19. The summed E-state index contributed by atoms with van der Waals surface area (Å²) in [4.78, 5) is 0. The van der Waals surface area contributed by atoms with Crippen LogP contribution in [-0.4, -0.2) is 0 Å². The van der Waals surface area contributed by atoms with E-state index < -0.39 is 0 Å². The molecule has 0 radical (unpaired) electrons. The van der Waals surface area contributed by atoms with Gasteiger partial charge in [-0.2, -0.15) is 0 Å². The summed E-state index contributed by atoms with van der Waals surface area (Å²) in [5.41, 5.74) is 8.23. The lowest BCUT2D eigenvalue weighted by molar-refractivity contribution is 0.306. The van der Waals surface area contributed by atoms with Crippen molar-refractivity contribution in [2.45, 2.75) is 13.5 Å². The van der Waals surface area contributed by atoms with Crippen molar-refractivity contribution in [3.05, 3.63) is 57.6 Å². The first kappa shape index (κ1) is 13.1. The van der Waals surface area contributed by atoms with Crippen molar-refractivity contribution >= 4 is 28.9 Å². The first-order chi connectivity index (χ1) is 8.59. The van der Waals surface area contributed by atoms with Gasteiger partial charge in [0.2, 0.25) is 0 Å². The van der Waals surface area contributed by atoms with Crippen molar-refractivity contribution < 1.29 is 4.74 Å². The quantitative estimate of drug-likeness (QED) is 0.843. The highest BCUT2D eigenvalue weighted by Crippen LogP contribution is 2.29. The number of benzene rings is 2. The number of hydrogen-bond donors (Lipinski definition) is 1. The Morgan fingerprint density at radius 3 is 2.28 bits per heavy atom. The minimum atomic E-state index is 0.299. The van der Waals surface area contributed by atoms with Crippen LogP contribution in [-0.2, 0) is 6.61 Å². The van der Waals surface area contributed by atoms with Crippen LogP contribution in [0.5, 0.6) is 5.75 Å². The van der Waals surface area contributed by atoms with Crippen molar-refractivity contribution in [3.63, 3.8) is 0 Å². The molecule has 0 saturated heterocycles. The fraction of sp³-hybridized carbons (Fsp3) is 0.143. The molecule has 0 fully saturated rings. The Balaban J connectivity index is 2.22. The molecule has 2 aromatic rings. The molecule has 0 saturated carbocycles. The molecule has 2 N–H and O–H groups in total. The number of para-hydroxylation sites is 1. The standard InChI is InChI=1S/C14H13Cl2NO/c1-9-4-2-7-13(17)14(9)18-8-10-11(15)5-3-6-12(10)16/h2-7H,8,17H2,1H3. The number of rotatable bonds is 3. The van der Waals surface area contributed by atoms with E-state index in [2.05, 4.69) is 0 Å². The second kappa shape index (κ2) is 5.51. The predicted molar refractivity (Wildman–Crippen MR) is 76.4 cm³/mol. The Labute approximate surface area is 116 Å². The molecule has 94 valence electrons. The molecule has 2 nitrogen and oxygen atoms in total. The van der Waals surface area contributed by atoms with Gasteiger partial charge in [-0.25, -0.2) is 0 Å². The lowest BCUT2D eigenvalue weighted by Gasteiger charge is -2.13. The van der Waals surface area contributed by atoms with Gasteiger partial charge in [-0.15, -0.1) is 0 Å². The summed E-state index contributed by atoms with van der Waals surface area (Å²) in [5, 5.41) is 1.18. The number of ether oxygens (including phenoxy) is 1.